The predicted molar refractivity (Wildman–Crippen MR) is 130 cm³/mol. The number of piperidine rings is 2. The minimum atomic E-state index is -4.83. The molecule has 3 saturated heterocycles. The molecule has 3 N–H and O–H groups in total. The average molecular weight is 539 g/mol. The number of fused-ring (bicyclic) bond motifs is 1. The molecule has 0 aromatic carbocycles. The van der Waals surface area contributed by atoms with Gasteiger partial charge in [0.15, 0.2) is 0 Å². The molecule has 1 aliphatic carbocycles. The van der Waals surface area contributed by atoms with E-state index in [9.17, 15) is 26.4 Å². The number of carbonyl (C=O) groups is 1. The van der Waals surface area contributed by atoms with Crippen LogP contribution in [0.5, 0.6) is 0 Å². The first-order valence-corrected chi connectivity index (χ1v) is 15.1. The summed E-state index contributed by atoms with van der Waals surface area (Å²) >= 11 is 0. The number of nitrogens with one attached hydrogen (secondary N) is 3. The van der Waals surface area contributed by atoms with E-state index in [0.717, 1.165) is 45.2 Å². The number of rotatable bonds is 9. The van der Waals surface area contributed by atoms with Crippen molar-refractivity contribution < 1.29 is 31.1 Å². The van der Waals surface area contributed by atoms with Crippen molar-refractivity contribution in [3.63, 3.8) is 0 Å². The van der Waals surface area contributed by atoms with E-state index in [-0.39, 0.29) is 24.8 Å². The van der Waals surface area contributed by atoms with Gasteiger partial charge in [0.1, 0.15) is 5.25 Å². The Balaban J connectivity index is 1.13. The Hall–Kier alpha value is -0.950. The van der Waals surface area contributed by atoms with Gasteiger partial charge in [-0.15, -0.1) is 13.2 Å². The number of ether oxygens (including phenoxy) is 1. The van der Waals surface area contributed by atoms with E-state index in [1.807, 2.05) is 0 Å². The molecule has 0 bridgehead atoms. The molecule has 0 spiro atoms. The van der Waals surface area contributed by atoms with E-state index in [0.29, 0.717) is 63.2 Å². The summed E-state index contributed by atoms with van der Waals surface area (Å²) in [6.45, 7) is 3.32. The highest BCUT2D eigenvalue weighted by molar-refractivity contribution is 7.89. The van der Waals surface area contributed by atoms with Crippen LogP contribution in [0.2, 0.25) is 0 Å². The fourth-order valence-electron chi connectivity index (χ4n) is 6.45. The predicted octanol–water partition coefficient (Wildman–Crippen LogP) is 2.50. The molecule has 3 aliphatic heterocycles. The van der Waals surface area contributed by atoms with Crippen molar-refractivity contribution in [1.82, 2.24) is 20.3 Å². The van der Waals surface area contributed by atoms with E-state index >= 15 is 0 Å². The van der Waals surface area contributed by atoms with Gasteiger partial charge in [0.2, 0.25) is 15.9 Å². The minimum Gasteiger partial charge on any atom is -0.355 e. The lowest BCUT2D eigenvalue weighted by Gasteiger charge is -2.38. The summed E-state index contributed by atoms with van der Waals surface area (Å²) in [5.74, 6) is 1.01. The van der Waals surface area contributed by atoms with Gasteiger partial charge in [-0.05, 0) is 69.9 Å². The molecule has 5 atom stereocenters. The first kappa shape index (κ1) is 28.1. The fraction of sp³-hybridized carbons (Fsp3) is 0.958. The van der Waals surface area contributed by atoms with Gasteiger partial charge in [0.25, 0.3) is 0 Å². The van der Waals surface area contributed by atoms with Gasteiger partial charge in [-0.3, -0.25) is 9.53 Å². The van der Waals surface area contributed by atoms with Gasteiger partial charge >= 0.3 is 6.36 Å². The highest BCUT2D eigenvalue weighted by Crippen LogP contribution is 2.35. The van der Waals surface area contributed by atoms with Crippen molar-refractivity contribution in [2.24, 2.45) is 11.8 Å². The number of hydrogen-bond acceptors (Lipinski definition) is 6. The second-order valence-corrected chi connectivity index (χ2v) is 13.1. The van der Waals surface area contributed by atoms with Crippen LogP contribution >= 0.6 is 0 Å². The van der Waals surface area contributed by atoms with E-state index in [4.69, 9.17) is 0 Å². The molecule has 3 heterocycles. The Morgan fingerprint density at radius 1 is 1.06 bits per heavy atom. The second-order valence-electron chi connectivity index (χ2n) is 10.9. The van der Waals surface area contributed by atoms with Crippen molar-refractivity contribution in [3.05, 3.63) is 0 Å². The molecule has 0 aromatic heterocycles. The van der Waals surface area contributed by atoms with Crippen molar-refractivity contribution in [3.8, 4) is 0 Å². The molecule has 0 aromatic rings. The number of hydrogen-bond donors (Lipinski definition) is 3. The molecular formula is C24H41F3N4O4S. The fourth-order valence-corrected chi connectivity index (χ4v) is 8.59. The lowest BCUT2D eigenvalue weighted by Crippen LogP contribution is -2.50. The molecule has 12 heteroatoms. The number of amides is 1. The first-order chi connectivity index (χ1) is 17.1. The summed E-state index contributed by atoms with van der Waals surface area (Å²) < 4.78 is 70.2. The van der Waals surface area contributed by atoms with Crippen LogP contribution in [0.4, 0.5) is 13.2 Å². The maximum absolute atomic E-state index is 13.1. The average Bonchev–Trinajstić information content (AvgIpc) is 3.28. The van der Waals surface area contributed by atoms with Gasteiger partial charge in [0, 0.05) is 25.7 Å². The molecule has 1 amide bonds. The Morgan fingerprint density at radius 3 is 2.53 bits per heavy atom. The molecule has 5 unspecified atom stereocenters. The van der Waals surface area contributed by atoms with Crippen molar-refractivity contribution in [2.75, 3.05) is 32.7 Å². The van der Waals surface area contributed by atoms with Crippen LogP contribution in [0, 0.1) is 11.8 Å². The maximum atomic E-state index is 13.1. The molecule has 8 nitrogen and oxygen atoms in total. The van der Waals surface area contributed by atoms with Crippen LogP contribution in [0.3, 0.4) is 0 Å². The standard InChI is InChI=1S/C24H41F3N4O4S/c25-24(26,27)35-21-6-1-2-7-22(21)36(33,34)31-13-9-17(10-14-31)5-3-4-11-29-23(32)20-15-18-16-28-12-8-19(18)30-20/h17-22,28,30H,1-16H2,(H,29,32). The molecule has 4 rings (SSSR count). The highest BCUT2D eigenvalue weighted by Gasteiger charge is 2.45. The molecule has 4 fully saturated rings. The molecular weight excluding hydrogens is 497 g/mol. The van der Waals surface area contributed by atoms with E-state index in [1.165, 1.54) is 4.31 Å². The summed E-state index contributed by atoms with van der Waals surface area (Å²) in [6.07, 6.45) is 1.50. The van der Waals surface area contributed by atoms with E-state index in [2.05, 4.69) is 20.7 Å². The largest absolute Gasteiger partial charge is 0.522 e. The maximum Gasteiger partial charge on any atom is 0.522 e. The summed E-state index contributed by atoms with van der Waals surface area (Å²) in [6, 6.07) is 0.342. The molecule has 1 saturated carbocycles. The monoisotopic (exact) mass is 538 g/mol. The number of unbranched alkanes of at least 4 members (excludes halogenated alkanes) is 1. The number of halogens is 3. The number of alkyl halides is 3. The number of nitrogens with zero attached hydrogens (tertiary/aromatic N) is 1. The van der Waals surface area contributed by atoms with Crippen LogP contribution in [0.1, 0.15) is 70.6 Å². The summed E-state index contributed by atoms with van der Waals surface area (Å²) in [5.41, 5.74) is 0. The Bertz CT molecular complexity index is 822. The van der Waals surface area contributed by atoms with Gasteiger partial charge in [-0.1, -0.05) is 25.7 Å². The summed E-state index contributed by atoms with van der Waals surface area (Å²) in [4.78, 5) is 12.5. The zero-order valence-electron chi connectivity index (χ0n) is 20.9. The van der Waals surface area contributed by atoms with E-state index in [1.54, 1.807) is 0 Å². The van der Waals surface area contributed by atoms with Crippen LogP contribution in [0.25, 0.3) is 0 Å². The van der Waals surface area contributed by atoms with Crippen LogP contribution < -0.4 is 16.0 Å². The van der Waals surface area contributed by atoms with Gasteiger partial charge in [-0.25, -0.2) is 12.7 Å². The van der Waals surface area contributed by atoms with Crippen LogP contribution in [-0.2, 0) is 19.6 Å². The topological polar surface area (TPSA) is 99.8 Å². The summed E-state index contributed by atoms with van der Waals surface area (Å²) in [5, 5.41) is 8.79. The minimum absolute atomic E-state index is 0.0819. The third kappa shape index (κ3) is 7.33. The lowest BCUT2D eigenvalue weighted by atomic mass is 9.92. The smallest absolute Gasteiger partial charge is 0.355 e. The second kappa shape index (κ2) is 12.3. The normalized spacial score (nSPS) is 32.8. The molecule has 208 valence electrons. The Labute approximate surface area is 212 Å². The van der Waals surface area contributed by atoms with E-state index < -0.39 is 27.7 Å². The van der Waals surface area contributed by atoms with Gasteiger partial charge in [0.05, 0.1) is 12.1 Å². The van der Waals surface area contributed by atoms with Gasteiger partial charge < -0.3 is 16.0 Å². The van der Waals surface area contributed by atoms with Crippen LogP contribution in [0.15, 0.2) is 0 Å². The van der Waals surface area contributed by atoms with Crippen molar-refractivity contribution >= 4 is 15.9 Å². The quantitative estimate of drug-likeness (QED) is 0.390. The third-order valence-electron chi connectivity index (χ3n) is 8.46. The molecule has 0 radical (unpaired) electrons. The third-order valence-corrected chi connectivity index (χ3v) is 10.8. The zero-order chi connectivity index (χ0) is 25.8. The lowest BCUT2D eigenvalue weighted by molar-refractivity contribution is -0.344. The Kier molecular flexibility index (Phi) is 9.57. The van der Waals surface area contributed by atoms with Crippen molar-refractivity contribution in [2.45, 2.75) is 100 Å². The number of carbonyl (C=O) groups excluding carboxylic acids is 1. The zero-order valence-corrected chi connectivity index (χ0v) is 21.7. The first-order valence-electron chi connectivity index (χ1n) is 13.6. The Morgan fingerprint density at radius 2 is 1.81 bits per heavy atom. The van der Waals surface area contributed by atoms with Gasteiger partial charge in [-0.2, -0.15) is 0 Å². The SMILES string of the molecule is O=C(NCCCCC1CCN(S(=O)(=O)C2CCCCC2OC(F)(F)F)CC1)C1CC2CNCCC2N1. The summed E-state index contributed by atoms with van der Waals surface area (Å²) in [7, 11) is -3.83. The number of sulfonamides is 1. The van der Waals surface area contributed by atoms with Crippen LogP contribution in [-0.4, -0.2) is 81.2 Å². The molecule has 4 aliphatic rings. The highest BCUT2D eigenvalue weighted by atomic mass is 32.2. The van der Waals surface area contributed by atoms with Crippen molar-refractivity contribution in [1.29, 1.82) is 0 Å². The molecule has 36 heavy (non-hydrogen) atoms.